The molecule has 2 aromatic carbocycles. The largest absolute Gasteiger partial charge is 0.395 e. The molecule has 148 valence electrons. The van der Waals surface area contributed by atoms with Gasteiger partial charge in [-0.15, -0.1) is 0 Å². The number of H-pyrrole nitrogens is 2. The second-order valence-electron chi connectivity index (χ2n) is 6.88. The monoisotopic (exact) mass is 408 g/mol. The third kappa shape index (κ3) is 3.90. The van der Waals surface area contributed by atoms with Crippen LogP contribution in [-0.4, -0.2) is 44.0 Å². The van der Waals surface area contributed by atoms with Crippen molar-refractivity contribution in [2.24, 2.45) is 0 Å². The summed E-state index contributed by atoms with van der Waals surface area (Å²) in [6.45, 7) is 2.26. The summed E-state index contributed by atoms with van der Waals surface area (Å²) in [6.07, 6.45) is 1.70. The van der Waals surface area contributed by atoms with E-state index in [0.29, 0.717) is 17.3 Å². The summed E-state index contributed by atoms with van der Waals surface area (Å²) in [7, 11) is 0. The number of hydrogen-bond donors (Lipinski definition) is 3. The summed E-state index contributed by atoms with van der Waals surface area (Å²) < 4.78 is 0. The van der Waals surface area contributed by atoms with E-state index in [1.807, 2.05) is 49.4 Å². The Balaban J connectivity index is 1.81. The number of nitrogens with zero attached hydrogens (tertiary/aromatic N) is 2. The Morgan fingerprint density at radius 1 is 1.17 bits per heavy atom. The average molecular weight is 409 g/mol. The van der Waals surface area contributed by atoms with Crippen molar-refractivity contribution in [2.75, 3.05) is 13.2 Å². The summed E-state index contributed by atoms with van der Waals surface area (Å²) >= 11 is 6.24. The third-order valence-electron chi connectivity index (χ3n) is 4.81. The van der Waals surface area contributed by atoms with E-state index in [1.54, 1.807) is 17.2 Å². The Morgan fingerprint density at radius 2 is 1.97 bits per heavy atom. The van der Waals surface area contributed by atoms with Crippen molar-refractivity contribution in [3.8, 4) is 11.1 Å². The van der Waals surface area contributed by atoms with Crippen molar-refractivity contribution >= 4 is 28.4 Å². The van der Waals surface area contributed by atoms with Gasteiger partial charge in [0.25, 0.3) is 5.91 Å². The second kappa shape index (κ2) is 8.11. The lowest BCUT2D eigenvalue weighted by Gasteiger charge is -2.21. The number of fused-ring (bicyclic) bond motifs is 1. The van der Waals surface area contributed by atoms with Gasteiger partial charge in [-0.05, 0) is 30.7 Å². The van der Waals surface area contributed by atoms with Crippen LogP contribution >= 0.6 is 11.6 Å². The van der Waals surface area contributed by atoms with E-state index >= 15 is 0 Å². The highest BCUT2D eigenvalue weighted by Crippen LogP contribution is 2.34. The van der Waals surface area contributed by atoms with E-state index in [2.05, 4.69) is 15.0 Å². The zero-order valence-electron chi connectivity index (χ0n) is 15.9. The lowest BCUT2D eigenvalue weighted by Crippen LogP contribution is -2.33. The van der Waals surface area contributed by atoms with Crippen LogP contribution in [0.5, 0.6) is 0 Å². The van der Waals surface area contributed by atoms with Crippen LogP contribution in [0.4, 0.5) is 0 Å². The van der Waals surface area contributed by atoms with E-state index in [1.165, 1.54) is 0 Å². The number of carbonyl (C=O) groups excluding carboxylic acids is 1. The number of imidazole rings is 1. The minimum atomic E-state index is -0.197. The molecule has 1 amide bonds. The average Bonchev–Trinajstić information content (AvgIpc) is 3.30. The van der Waals surface area contributed by atoms with Gasteiger partial charge in [0.1, 0.15) is 11.5 Å². The molecule has 7 heteroatoms. The number of aryl methyl sites for hydroxylation is 1. The molecule has 29 heavy (non-hydrogen) atoms. The number of rotatable bonds is 6. The van der Waals surface area contributed by atoms with Gasteiger partial charge in [-0.25, -0.2) is 4.98 Å². The Hall–Kier alpha value is -3.09. The maximum atomic E-state index is 13.5. The smallest absolute Gasteiger partial charge is 0.271 e. The number of aromatic amines is 2. The molecule has 0 atom stereocenters. The fourth-order valence-electron chi connectivity index (χ4n) is 3.52. The molecular formula is C22H21ClN4O2. The van der Waals surface area contributed by atoms with E-state index in [9.17, 15) is 9.90 Å². The molecule has 0 spiro atoms. The number of hydrogen-bond acceptors (Lipinski definition) is 3. The van der Waals surface area contributed by atoms with Gasteiger partial charge in [0.15, 0.2) is 0 Å². The molecule has 4 aromatic rings. The summed E-state index contributed by atoms with van der Waals surface area (Å²) in [6, 6.07) is 15.3. The maximum absolute atomic E-state index is 13.5. The van der Waals surface area contributed by atoms with Gasteiger partial charge in [-0.3, -0.25) is 4.79 Å². The van der Waals surface area contributed by atoms with Crippen molar-refractivity contribution in [3.63, 3.8) is 0 Å². The van der Waals surface area contributed by atoms with Gasteiger partial charge in [-0.2, -0.15) is 0 Å². The number of halogens is 1. The van der Waals surface area contributed by atoms with Crippen LogP contribution in [0.15, 0.2) is 54.7 Å². The van der Waals surface area contributed by atoms with Crippen LogP contribution in [0, 0.1) is 6.92 Å². The molecule has 0 fully saturated rings. The van der Waals surface area contributed by atoms with Crippen molar-refractivity contribution < 1.29 is 9.90 Å². The number of aliphatic hydroxyl groups is 1. The van der Waals surface area contributed by atoms with Gasteiger partial charge in [0.05, 0.1) is 25.0 Å². The van der Waals surface area contributed by atoms with Crippen molar-refractivity contribution in [2.45, 2.75) is 13.5 Å². The Kier molecular flexibility index (Phi) is 5.38. The number of amides is 1. The van der Waals surface area contributed by atoms with Crippen LogP contribution in [0.2, 0.25) is 5.02 Å². The third-order valence-corrected chi connectivity index (χ3v) is 5.05. The van der Waals surface area contributed by atoms with Crippen molar-refractivity contribution in [1.29, 1.82) is 0 Å². The summed E-state index contributed by atoms with van der Waals surface area (Å²) in [5.74, 6) is 0.583. The molecule has 2 heterocycles. The standard InChI is InChI=1S/C22H21ClN4O2/c1-14-24-12-17(25-14)13-27(9-10-28)22(29)21-20(15-5-3-2-4-6-15)18-11-16(23)7-8-19(18)26-21/h2-8,11-12,26,28H,9-10,13H2,1H3,(H,24,25). The van der Waals surface area contributed by atoms with Gasteiger partial charge in [-0.1, -0.05) is 41.9 Å². The SMILES string of the molecule is Cc1ncc(CN(CCO)C(=O)c2[nH]c3ccc(Cl)cc3c2-c2ccccc2)[nH]1. The van der Waals surface area contributed by atoms with Crippen LogP contribution in [0.1, 0.15) is 22.0 Å². The summed E-state index contributed by atoms with van der Waals surface area (Å²) in [5, 5.41) is 11.0. The minimum absolute atomic E-state index is 0.133. The van der Waals surface area contributed by atoms with Gasteiger partial charge >= 0.3 is 0 Å². The van der Waals surface area contributed by atoms with Crippen LogP contribution in [0.25, 0.3) is 22.0 Å². The molecule has 0 saturated heterocycles. The molecule has 0 radical (unpaired) electrons. The first-order chi connectivity index (χ1) is 14.1. The highest BCUT2D eigenvalue weighted by atomic mass is 35.5. The number of nitrogens with one attached hydrogen (secondary N) is 2. The Bertz CT molecular complexity index is 1150. The van der Waals surface area contributed by atoms with Crippen molar-refractivity contribution in [1.82, 2.24) is 19.9 Å². The van der Waals surface area contributed by atoms with E-state index < -0.39 is 0 Å². The van der Waals surface area contributed by atoms with Crippen LogP contribution < -0.4 is 0 Å². The quantitative estimate of drug-likeness (QED) is 0.448. The molecule has 0 aliphatic carbocycles. The lowest BCUT2D eigenvalue weighted by molar-refractivity contribution is 0.0701. The topological polar surface area (TPSA) is 85.0 Å². The molecule has 0 unspecified atom stereocenters. The fourth-order valence-corrected chi connectivity index (χ4v) is 3.69. The molecule has 0 bridgehead atoms. The normalized spacial score (nSPS) is 11.1. The molecule has 0 aliphatic rings. The highest BCUT2D eigenvalue weighted by Gasteiger charge is 2.24. The molecule has 0 aliphatic heterocycles. The Labute approximate surface area is 173 Å². The van der Waals surface area contributed by atoms with Crippen LogP contribution in [0.3, 0.4) is 0 Å². The lowest BCUT2D eigenvalue weighted by atomic mass is 10.0. The summed E-state index contributed by atoms with van der Waals surface area (Å²) in [5.41, 5.74) is 3.84. The van der Waals surface area contributed by atoms with E-state index in [-0.39, 0.29) is 19.1 Å². The predicted octanol–water partition coefficient (Wildman–Crippen LogP) is 4.15. The second-order valence-corrected chi connectivity index (χ2v) is 7.31. The van der Waals surface area contributed by atoms with E-state index in [4.69, 9.17) is 11.6 Å². The number of carbonyl (C=O) groups is 1. The van der Waals surface area contributed by atoms with Crippen molar-refractivity contribution in [3.05, 3.63) is 77.0 Å². The number of aromatic nitrogens is 3. The first-order valence-electron chi connectivity index (χ1n) is 9.34. The zero-order valence-corrected chi connectivity index (χ0v) is 16.7. The Morgan fingerprint density at radius 3 is 2.66 bits per heavy atom. The summed E-state index contributed by atoms with van der Waals surface area (Å²) in [4.78, 5) is 25.7. The molecular weight excluding hydrogens is 388 g/mol. The predicted molar refractivity (Wildman–Crippen MR) is 114 cm³/mol. The molecule has 2 aromatic heterocycles. The fraction of sp³-hybridized carbons (Fsp3) is 0.182. The first kappa shape index (κ1) is 19.2. The minimum Gasteiger partial charge on any atom is -0.395 e. The van der Waals surface area contributed by atoms with Gasteiger partial charge in [0.2, 0.25) is 0 Å². The molecule has 6 nitrogen and oxygen atoms in total. The maximum Gasteiger partial charge on any atom is 0.271 e. The van der Waals surface area contributed by atoms with Gasteiger partial charge < -0.3 is 20.0 Å². The first-order valence-corrected chi connectivity index (χ1v) is 9.72. The molecule has 4 rings (SSSR count). The zero-order chi connectivity index (χ0) is 20.4. The number of aliphatic hydroxyl groups excluding tert-OH is 1. The number of benzene rings is 2. The molecule has 0 saturated carbocycles. The van der Waals surface area contributed by atoms with Gasteiger partial charge in [0, 0.05) is 28.0 Å². The van der Waals surface area contributed by atoms with E-state index in [0.717, 1.165) is 33.5 Å². The highest BCUT2D eigenvalue weighted by molar-refractivity contribution is 6.31. The molecule has 3 N–H and O–H groups in total. The van der Waals surface area contributed by atoms with Crippen LogP contribution in [-0.2, 0) is 6.54 Å².